The maximum atomic E-state index is 4.68. The highest BCUT2D eigenvalue weighted by molar-refractivity contribution is 5.95. The fourth-order valence-corrected chi connectivity index (χ4v) is 2.70. The molecule has 1 aromatic heterocycles. The summed E-state index contributed by atoms with van der Waals surface area (Å²) in [6, 6.07) is 16.4. The highest BCUT2D eigenvalue weighted by Crippen LogP contribution is 2.20. The van der Waals surface area contributed by atoms with Crippen LogP contribution in [0.15, 0.2) is 59.7 Å². The lowest BCUT2D eigenvalue weighted by Crippen LogP contribution is -2.09. The first kappa shape index (κ1) is 14.6. The zero-order valence-corrected chi connectivity index (χ0v) is 12.7. The van der Waals surface area contributed by atoms with Gasteiger partial charge < -0.3 is 5.32 Å². The van der Waals surface area contributed by atoms with Gasteiger partial charge in [0.1, 0.15) is 11.5 Å². The Morgan fingerprint density at radius 2 is 1.77 bits per heavy atom. The molecule has 1 heterocycles. The quantitative estimate of drug-likeness (QED) is 0.840. The van der Waals surface area contributed by atoms with E-state index in [1.165, 1.54) is 32.1 Å². The van der Waals surface area contributed by atoms with Crippen molar-refractivity contribution in [1.29, 1.82) is 0 Å². The van der Waals surface area contributed by atoms with Crippen LogP contribution < -0.4 is 5.32 Å². The Morgan fingerprint density at radius 3 is 2.50 bits per heavy atom. The molecule has 1 aliphatic carbocycles. The van der Waals surface area contributed by atoms with Gasteiger partial charge in [-0.25, -0.2) is 9.98 Å². The van der Waals surface area contributed by atoms with E-state index >= 15 is 0 Å². The lowest BCUT2D eigenvalue weighted by molar-refractivity contribution is 0.445. The molecule has 0 saturated heterocycles. The van der Waals surface area contributed by atoms with Gasteiger partial charge in [0.05, 0.1) is 6.04 Å². The van der Waals surface area contributed by atoms with E-state index in [1.54, 1.807) is 6.20 Å². The Hall–Kier alpha value is -2.38. The molecule has 0 aliphatic heterocycles. The monoisotopic (exact) mass is 291 g/mol. The smallest absolute Gasteiger partial charge is 0.130 e. The molecule has 1 fully saturated rings. The van der Waals surface area contributed by atoms with Crippen molar-refractivity contribution in [2.24, 2.45) is 4.99 Å². The molecule has 3 rings (SSSR count). The van der Waals surface area contributed by atoms with Crippen molar-refractivity contribution in [2.45, 2.75) is 38.1 Å². The lowest BCUT2D eigenvalue weighted by atomic mass is 9.96. The molecular weight excluding hydrogens is 270 g/mol. The zero-order chi connectivity index (χ0) is 15.0. The minimum absolute atomic E-state index is 0.415. The largest absolute Gasteiger partial charge is 0.332 e. The Balaban J connectivity index is 1.87. The van der Waals surface area contributed by atoms with Crippen LogP contribution in [0, 0.1) is 0 Å². The third-order valence-electron chi connectivity index (χ3n) is 3.91. The summed E-state index contributed by atoms with van der Waals surface area (Å²) >= 11 is 0. The average Bonchev–Trinajstić information content (AvgIpc) is 2.61. The number of hydrogen-bond donors (Lipinski definition) is 1. The highest BCUT2D eigenvalue weighted by Gasteiger charge is 2.11. The summed E-state index contributed by atoms with van der Waals surface area (Å²) < 4.78 is 0. The second-order valence-electron chi connectivity index (χ2n) is 5.61. The molecule has 2 aromatic rings. The van der Waals surface area contributed by atoms with E-state index in [0.717, 1.165) is 17.1 Å². The Labute approximate surface area is 131 Å². The fraction of sp³-hybridized carbons (Fsp3) is 0.316. The molecule has 1 aromatic carbocycles. The molecule has 22 heavy (non-hydrogen) atoms. The number of pyridine rings is 1. The van der Waals surface area contributed by atoms with Gasteiger partial charge in [0.15, 0.2) is 0 Å². The van der Waals surface area contributed by atoms with Crippen LogP contribution in [0.1, 0.15) is 37.7 Å². The normalized spacial score (nSPS) is 14.9. The van der Waals surface area contributed by atoms with Gasteiger partial charge in [-0.15, -0.1) is 0 Å². The molecule has 1 N–H and O–H groups in total. The van der Waals surface area contributed by atoms with Crippen LogP contribution in [-0.2, 0) is 0 Å². The van der Waals surface area contributed by atoms with Gasteiger partial charge in [0.25, 0.3) is 0 Å². The molecule has 3 heteroatoms. The maximum Gasteiger partial charge on any atom is 0.130 e. The maximum absolute atomic E-state index is 4.68. The number of aromatic nitrogens is 1. The summed E-state index contributed by atoms with van der Waals surface area (Å²) in [4.78, 5) is 9.00. The number of benzene rings is 1. The van der Waals surface area contributed by atoms with Crippen molar-refractivity contribution >= 4 is 17.4 Å². The van der Waals surface area contributed by atoms with E-state index in [-0.39, 0.29) is 0 Å². The van der Waals surface area contributed by atoms with Gasteiger partial charge in [-0.3, -0.25) is 0 Å². The molecular formula is C19H21N3. The van der Waals surface area contributed by atoms with Crippen LogP contribution >= 0.6 is 0 Å². The molecule has 0 radical (unpaired) electrons. The summed E-state index contributed by atoms with van der Waals surface area (Å²) in [5.41, 5.74) is 1.96. The third-order valence-corrected chi connectivity index (χ3v) is 3.91. The van der Waals surface area contributed by atoms with Gasteiger partial charge in [-0.2, -0.15) is 0 Å². The molecule has 0 amide bonds. The van der Waals surface area contributed by atoms with Crippen molar-refractivity contribution < 1.29 is 0 Å². The molecule has 0 unspecified atom stereocenters. The second kappa shape index (κ2) is 7.58. The van der Waals surface area contributed by atoms with Gasteiger partial charge in [0.2, 0.25) is 0 Å². The first-order valence-electron chi connectivity index (χ1n) is 7.98. The Kier molecular flexibility index (Phi) is 5.01. The van der Waals surface area contributed by atoms with Gasteiger partial charge in [0, 0.05) is 17.6 Å². The molecule has 1 saturated carbocycles. The van der Waals surface area contributed by atoms with Crippen LogP contribution in [0.25, 0.3) is 5.70 Å². The van der Waals surface area contributed by atoms with Crippen LogP contribution in [0.5, 0.6) is 0 Å². The summed E-state index contributed by atoms with van der Waals surface area (Å²) in [6.45, 7) is 0. The zero-order valence-electron chi connectivity index (χ0n) is 12.7. The van der Waals surface area contributed by atoms with Crippen LogP contribution in [0.4, 0.5) is 5.82 Å². The topological polar surface area (TPSA) is 37.3 Å². The molecule has 0 spiro atoms. The van der Waals surface area contributed by atoms with E-state index in [4.69, 9.17) is 0 Å². The van der Waals surface area contributed by atoms with Crippen molar-refractivity contribution in [3.63, 3.8) is 0 Å². The van der Waals surface area contributed by atoms with Crippen molar-refractivity contribution in [1.82, 2.24) is 4.98 Å². The van der Waals surface area contributed by atoms with Crippen LogP contribution in [0.2, 0.25) is 0 Å². The van der Waals surface area contributed by atoms with E-state index in [1.807, 2.05) is 36.4 Å². The summed E-state index contributed by atoms with van der Waals surface area (Å²) in [5.74, 6) is 4.06. The molecule has 112 valence electrons. The third kappa shape index (κ3) is 4.06. The predicted octanol–water partition coefficient (Wildman–Crippen LogP) is 4.54. The molecule has 0 atom stereocenters. The van der Waals surface area contributed by atoms with E-state index in [0.29, 0.717) is 6.04 Å². The first-order chi connectivity index (χ1) is 10.9. The number of nitrogens with zero attached hydrogens (tertiary/aromatic N) is 2. The second-order valence-corrected chi connectivity index (χ2v) is 5.61. The number of nitrogens with one attached hydrogen (secondary N) is 1. The fourth-order valence-electron chi connectivity index (χ4n) is 2.70. The van der Waals surface area contributed by atoms with E-state index in [9.17, 15) is 0 Å². The predicted molar refractivity (Wildman–Crippen MR) is 92.0 cm³/mol. The van der Waals surface area contributed by atoms with E-state index in [2.05, 4.69) is 33.3 Å². The number of anilines is 1. The van der Waals surface area contributed by atoms with Gasteiger partial charge in [-0.1, -0.05) is 55.7 Å². The molecule has 1 aliphatic rings. The highest BCUT2D eigenvalue weighted by atomic mass is 15.0. The van der Waals surface area contributed by atoms with Gasteiger partial charge in [-0.05, 0) is 25.0 Å². The Bertz CT molecular complexity index is 637. The number of aliphatic imine (C=N–C) groups is 1. The van der Waals surface area contributed by atoms with Crippen molar-refractivity contribution in [3.8, 4) is 0 Å². The minimum Gasteiger partial charge on any atom is -0.332 e. The van der Waals surface area contributed by atoms with Crippen LogP contribution in [-0.4, -0.2) is 16.9 Å². The average molecular weight is 291 g/mol. The lowest BCUT2D eigenvalue weighted by Gasteiger charge is -2.16. The summed E-state index contributed by atoms with van der Waals surface area (Å²) in [6.07, 6.45) is 8.04. The number of hydrogen-bond acceptors (Lipinski definition) is 3. The molecule has 3 nitrogen and oxygen atoms in total. The number of rotatable bonds is 4. The van der Waals surface area contributed by atoms with Crippen LogP contribution in [0.3, 0.4) is 0 Å². The van der Waals surface area contributed by atoms with Gasteiger partial charge >= 0.3 is 0 Å². The SMILES string of the molecule is C(=NC1CCCCC1)=C(Nc1ccccn1)c1ccccc1. The standard InChI is InChI=1S/C19H21N3/c1-3-9-16(10-4-1)18(22-19-13-7-8-14-20-19)15-21-17-11-5-2-6-12-17/h1,3-4,7-10,13-14,17H,2,5-6,11-12H2,(H,20,22). The van der Waals surface area contributed by atoms with Crippen molar-refractivity contribution in [3.05, 3.63) is 60.3 Å². The first-order valence-corrected chi connectivity index (χ1v) is 7.98. The summed E-state index contributed by atoms with van der Waals surface area (Å²) in [7, 11) is 0. The van der Waals surface area contributed by atoms with Crippen molar-refractivity contribution in [2.75, 3.05) is 5.32 Å². The van der Waals surface area contributed by atoms with E-state index < -0.39 is 0 Å². The Morgan fingerprint density at radius 1 is 1.00 bits per heavy atom. The molecule has 0 bridgehead atoms. The minimum atomic E-state index is 0.415. The summed E-state index contributed by atoms with van der Waals surface area (Å²) in [5, 5.41) is 3.34.